The number of nitriles is 1. The quantitative estimate of drug-likeness (QED) is 0.397. The second-order valence-corrected chi connectivity index (χ2v) is 5.99. The smallest absolute Gasteiger partial charge is 0.303 e. The lowest BCUT2D eigenvalue weighted by atomic mass is 9.70. The first-order valence-corrected chi connectivity index (χ1v) is 8.04. The van der Waals surface area contributed by atoms with E-state index >= 15 is 0 Å². The maximum atomic E-state index is 12.9. The number of nitrogens with zero attached hydrogens (tertiary/aromatic N) is 1. The van der Waals surface area contributed by atoms with Gasteiger partial charge in [-0.05, 0) is 38.8 Å². The van der Waals surface area contributed by atoms with Gasteiger partial charge in [0.2, 0.25) is 0 Å². The van der Waals surface area contributed by atoms with Crippen LogP contribution < -0.4 is 0 Å². The molecule has 0 aromatic heterocycles. The molecule has 0 spiro atoms. The number of Topliss-reactive ketones (excluding diaryl/α,β-unsaturated/α-hetero) is 3. The Labute approximate surface area is 146 Å². The van der Waals surface area contributed by atoms with E-state index in [0.717, 1.165) is 0 Å². The molecule has 1 rings (SSSR count). The molecule has 132 valence electrons. The first kappa shape index (κ1) is 20.2. The van der Waals surface area contributed by atoms with Gasteiger partial charge in [0.1, 0.15) is 5.41 Å². The molecule has 6 heteroatoms. The molecule has 0 amide bonds. The fourth-order valence-electron chi connectivity index (χ4n) is 2.82. The van der Waals surface area contributed by atoms with E-state index in [9.17, 15) is 19.2 Å². The Kier molecular flexibility index (Phi) is 7.19. The summed E-state index contributed by atoms with van der Waals surface area (Å²) in [5.74, 6) is -2.52. The summed E-state index contributed by atoms with van der Waals surface area (Å²) in [5.41, 5.74) is -1.17. The van der Waals surface area contributed by atoms with Crippen molar-refractivity contribution in [2.75, 3.05) is 0 Å². The molecule has 0 saturated carbocycles. The zero-order valence-electron chi connectivity index (χ0n) is 14.4. The van der Waals surface area contributed by atoms with Crippen molar-refractivity contribution < 1.29 is 24.3 Å². The zero-order chi connectivity index (χ0) is 19.0. The van der Waals surface area contributed by atoms with E-state index in [1.54, 1.807) is 0 Å². The number of hydrogen-bond acceptors (Lipinski definition) is 5. The lowest BCUT2D eigenvalue weighted by molar-refractivity contribution is -0.138. The van der Waals surface area contributed by atoms with Crippen LogP contribution in [-0.2, 0) is 14.4 Å². The molecule has 0 saturated heterocycles. The third-order valence-corrected chi connectivity index (χ3v) is 4.31. The summed E-state index contributed by atoms with van der Waals surface area (Å²) in [6, 6.07) is 7.74. The molecule has 0 fully saturated rings. The number of benzene rings is 1. The molecule has 1 aromatic carbocycles. The van der Waals surface area contributed by atoms with Crippen LogP contribution in [0.3, 0.4) is 0 Å². The van der Waals surface area contributed by atoms with Crippen LogP contribution in [0.15, 0.2) is 24.3 Å². The van der Waals surface area contributed by atoms with Crippen LogP contribution in [0, 0.1) is 16.7 Å². The normalized spacial score (nSPS) is 10.8. The van der Waals surface area contributed by atoms with E-state index in [1.807, 2.05) is 6.07 Å². The zero-order valence-corrected chi connectivity index (χ0v) is 14.4. The highest BCUT2D eigenvalue weighted by molar-refractivity contribution is 6.27. The van der Waals surface area contributed by atoms with Crippen molar-refractivity contribution >= 4 is 23.3 Å². The molecule has 0 bridgehead atoms. The lowest BCUT2D eigenvalue weighted by Crippen LogP contribution is -2.44. The fraction of sp³-hybridized carbons (Fsp3) is 0.421. The van der Waals surface area contributed by atoms with Crippen LogP contribution in [-0.4, -0.2) is 28.4 Å². The van der Waals surface area contributed by atoms with Crippen LogP contribution >= 0.6 is 0 Å². The molecule has 0 aliphatic carbocycles. The lowest BCUT2D eigenvalue weighted by Gasteiger charge is -2.27. The average molecular weight is 343 g/mol. The number of carboxylic acid groups (broad SMARTS) is 1. The molecule has 0 heterocycles. The van der Waals surface area contributed by atoms with Gasteiger partial charge in [-0.1, -0.05) is 25.0 Å². The third-order valence-electron chi connectivity index (χ3n) is 4.31. The fourth-order valence-corrected chi connectivity index (χ4v) is 2.82. The standard InChI is InChI=1S/C19H21NO5/c1-13(21)19(14(2)22,11-5-3-4-6-17(23)24)18(25)16-9-7-15(12-20)8-10-16/h7-10H,3-6,11H2,1-2H3,(H,23,24). The van der Waals surface area contributed by atoms with Crippen molar-refractivity contribution in [2.45, 2.75) is 46.0 Å². The van der Waals surface area contributed by atoms with E-state index in [0.29, 0.717) is 24.8 Å². The van der Waals surface area contributed by atoms with Gasteiger partial charge in [-0.3, -0.25) is 19.2 Å². The highest BCUT2D eigenvalue weighted by atomic mass is 16.4. The Morgan fingerprint density at radius 1 is 1.00 bits per heavy atom. The van der Waals surface area contributed by atoms with E-state index in [-0.39, 0.29) is 18.4 Å². The molecular weight excluding hydrogens is 322 g/mol. The Morgan fingerprint density at radius 3 is 2.00 bits per heavy atom. The summed E-state index contributed by atoms with van der Waals surface area (Å²) >= 11 is 0. The van der Waals surface area contributed by atoms with Crippen molar-refractivity contribution in [1.82, 2.24) is 0 Å². The summed E-state index contributed by atoms with van der Waals surface area (Å²) in [5, 5.41) is 17.5. The van der Waals surface area contributed by atoms with Crippen LogP contribution in [0.1, 0.15) is 61.9 Å². The first-order chi connectivity index (χ1) is 11.8. The molecule has 0 aliphatic heterocycles. The topological polar surface area (TPSA) is 112 Å². The molecule has 0 unspecified atom stereocenters. The van der Waals surface area contributed by atoms with Gasteiger partial charge in [0, 0.05) is 12.0 Å². The van der Waals surface area contributed by atoms with E-state index in [4.69, 9.17) is 10.4 Å². The number of carbonyl (C=O) groups is 4. The van der Waals surface area contributed by atoms with Crippen LogP contribution in [0.4, 0.5) is 0 Å². The van der Waals surface area contributed by atoms with E-state index in [1.165, 1.54) is 38.1 Å². The molecule has 25 heavy (non-hydrogen) atoms. The predicted molar refractivity (Wildman–Crippen MR) is 90.0 cm³/mol. The second kappa shape index (κ2) is 8.88. The average Bonchev–Trinajstić information content (AvgIpc) is 2.56. The largest absolute Gasteiger partial charge is 0.481 e. The number of hydrogen-bond donors (Lipinski definition) is 1. The summed E-state index contributed by atoms with van der Waals surface area (Å²) in [6.07, 6.45) is 1.39. The second-order valence-electron chi connectivity index (χ2n) is 5.99. The Hall–Kier alpha value is -2.81. The minimum Gasteiger partial charge on any atom is -0.481 e. The van der Waals surface area contributed by atoms with E-state index in [2.05, 4.69) is 0 Å². The number of carbonyl (C=O) groups excluding carboxylic acids is 3. The summed E-state index contributed by atoms with van der Waals surface area (Å²) < 4.78 is 0. The molecule has 1 aromatic rings. The minimum absolute atomic E-state index is 0.0106. The van der Waals surface area contributed by atoms with Crippen molar-refractivity contribution in [3.8, 4) is 6.07 Å². The summed E-state index contributed by atoms with van der Waals surface area (Å²) in [7, 11) is 0. The molecule has 6 nitrogen and oxygen atoms in total. The first-order valence-electron chi connectivity index (χ1n) is 8.04. The number of aliphatic carboxylic acids is 1. The highest BCUT2D eigenvalue weighted by Gasteiger charge is 2.47. The Morgan fingerprint density at radius 2 is 1.56 bits per heavy atom. The third kappa shape index (κ3) is 4.83. The molecule has 1 N–H and O–H groups in total. The molecule has 0 aliphatic rings. The van der Waals surface area contributed by atoms with Crippen molar-refractivity contribution in [1.29, 1.82) is 5.26 Å². The van der Waals surface area contributed by atoms with Crippen LogP contribution in [0.2, 0.25) is 0 Å². The Balaban J connectivity index is 3.03. The van der Waals surface area contributed by atoms with Crippen LogP contribution in [0.25, 0.3) is 0 Å². The van der Waals surface area contributed by atoms with Crippen LogP contribution in [0.5, 0.6) is 0 Å². The minimum atomic E-state index is -1.75. The molecule has 0 atom stereocenters. The maximum Gasteiger partial charge on any atom is 0.303 e. The van der Waals surface area contributed by atoms with Gasteiger partial charge in [0.25, 0.3) is 0 Å². The van der Waals surface area contributed by atoms with Crippen molar-refractivity contribution in [3.05, 3.63) is 35.4 Å². The van der Waals surface area contributed by atoms with Gasteiger partial charge in [0.15, 0.2) is 17.3 Å². The maximum absolute atomic E-state index is 12.9. The number of carboxylic acids is 1. The monoisotopic (exact) mass is 343 g/mol. The molecular formula is C19H21NO5. The van der Waals surface area contributed by atoms with E-state index < -0.39 is 28.7 Å². The number of rotatable bonds is 10. The predicted octanol–water partition coefficient (Wildman–Crippen LogP) is 2.94. The highest BCUT2D eigenvalue weighted by Crippen LogP contribution is 2.32. The Bertz CT molecular complexity index is 698. The van der Waals surface area contributed by atoms with Gasteiger partial charge in [0.05, 0.1) is 11.6 Å². The van der Waals surface area contributed by atoms with Crippen molar-refractivity contribution in [2.24, 2.45) is 5.41 Å². The molecule has 0 radical (unpaired) electrons. The van der Waals surface area contributed by atoms with Gasteiger partial charge < -0.3 is 5.11 Å². The van der Waals surface area contributed by atoms with Gasteiger partial charge in [-0.25, -0.2) is 0 Å². The van der Waals surface area contributed by atoms with Gasteiger partial charge >= 0.3 is 5.97 Å². The van der Waals surface area contributed by atoms with Gasteiger partial charge in [-0.15, -0.1) is 0 Å². The summed E-state index contributed by atoms with van der Waals surface area (Å²) in [4.78, 5) is 47.9. The SMILES string of the molecule is CC(=O)C(CCCCCC(=O)O)(C(C)=O)C(=O)c1ccc(C#N)cc1. The summed E-state index contributed by atoms with van der Waals surface area (Å²) in [6.45, 7) is 2.44. The number of ketones is 3. The number of unbranched alkanes of at least 4 members (excludes halogenated alkanes) is 2. The van der Waals surface area contributed by atoms with Gasteiger partial charge in [-0.2, -0.15) is 5.26 Å². The van der Waals surface area contributed by atoms with Crippen molar-refractivity contribution in [3.63, 3.8) is 0 Å².